The van der Waals surface area contributed by atoms with Gasteiger partial charge in [0.1, 0.15) is 17.5 Å². The number of benzene rings is 1. The lowest BCUT2D eigenvalue weighted by atomic mass is 10.0. The molecule has 0 saturated carbocycles. The van der Waals surface area contributed by atoms with E-state index in [1.165, 1.54) is 18.2 Å². The highest BCUT2D eigenvalue weighted by atomic mass is 19.1. The van der Waals surface area contributed by atoms with Gasteiger partial charge in [0.15, 0.2) is 11.5 Å². The van der Waals surface area contributed by atoms with Gasteiger partial charge in [-0.05, 0) is 45.3 Å². The van der Waals surface area contributed by atoms with Gasteiger partial charge in [0.05, 0.1) is 6.04 Å². The number of hydrogen-bond acceptors (Lipinski definition) is 5. The minimum absolute atomic E-state index is 0.0385. The topological polar surface area (TPSA) is 58.4 Å². The molecule has 1 N–H and O–H groups in total. The molecule has 0 aliphatic rings. The molecule has 1 aromatic carbocycles. The molecule has 6 nitrogen and oxygen atoms in total. The second-order valence-electron chi connectivity index (χ2n) is 5.73. The normalized spacial score (nSPS) is 12.8. The summed E-state index contributed by atoms with van der Waals surface area (Å²) < 4.78 is 29.8. The zero-order valence-corrected chi connectivity index (χ0v) is 13.7. The molecule has 0 spiro atoms. The molecule has 126 valence electrons. The average Bonchev–Trinajstić information content (AvgIpc) is 2.91. The zero-order chi connectivity index (χ0) is 17.3. The van der Waals surface area contributed by atoms with Crippen molar-refractivity contribution in [3.05, 3.63) is 53.4 Å². The van der Waals surface area contributed by atoms with E-state index in [0.29, 0.717) is 23.8 Å². The van der Waals surface area contributed by atoms with E-state index in [1.54, 1.807) is 42.6 Å². The van der Waals surface area contributed by atoms with Crippen LogP contribution in [0.3, 0.4) is 0 Å². The molecule has 8 heteroatoms. The first-order valence-corrected chi connectivity index (χ1v) is 7.50. The van der Waals surface area contributed by atoms with Crippen molar-refractivity contribution >= 4 is 11.5 Å². The van der Waals surface area contributed by atoms with Gasteiger partial charge in [0, 0.05) is 12.1 Å². The summed E-state index contributed by atoms with van der Waals surface area (Å²) in [5, 5.41) is 15.4. The summed E-state index contributed by atoms with van der Waals surface area (Å²) in [4.78, 5) is 1.76. The molecule has 2 heterocycles. The van der Waals surface area contributed by atoms with Gasteiger partial charge in [-0.25, -0.2) is 8.78 Å². The summed E-state index contributed by atoms with van der Waals surface area (Å²) in [7, 11) is 3.55. The van der Waals surface area contributed by atoms with Gasteiger partial charge in [0.25, 0.3) is 0 Å². The van der Waals surface area contributed by atoms with E-state index >= 15 is 0 Å². The van der Waals surface area contributed by atoms with Crippen LogP contribution in [0.2, 0.25) is 0 Å². The van der Waals surface area contributed by atoms with Gasteiger partial charge in [-0.15, -0.1) is 15.3 Å². The Morgan fingerprint density at radius 2 is 1.83 bits per heavy atom. The van der Waals surface area contributed by atoms with Crippen LogP contribution in [0.1, 0.15) is 17.4 Å². The van der Waals surface area contributed by atoms with Crippen molar-refractivity contribution in [2.45, 2.75) is 13.0 Å². The maximum atomic E-state index is 14.1. The van der Waals surface area contributed by atoms with Gasteiger partial charge in [-0.1, -0.05) is 6.07 Å². The SMILES string of the molecule is Cc1nnc2ccc(NCC(c3c(F)cccc3F)N(C)C)nn12. The Labute approximate surface area is 138 Å². The Morgan fingerprint density at radius 1 is 1.12 bits per heavy atom. The number of fused-ring (bicyclic) bond motifs is 1. The zero-order valence-electron chi connectivity index (χ0n) is 13.7. The fourth-order valence-electron chi connectivity index (χ4n) is 2.56. The number of likely N-dealkylation sites (N-methyl/N-ethyl adjacent to an activating group) is 1. The third kappa shape index (κ3) is 3.05. The van der Waals surface area contributed by atoms with Crippen molar-refractivity contribution in [3.8, 4) is 0 Å². The van der Waals surface area contributed by atoms with Gasteiger partial charge >= 0.3 is 0 Å². The van der Waals surface area contributed by atoms with E-state index in [1.807, 2.05) is 0 Å². The highest BCUT2D eigenvalue weighted by Gasteiger charge is 2.22. The predicted octanol–water partition coefficient (Wildman–Crippen LogP) is 2.43. The molecule has 1 unspecified atom stereocenters. The lowest BCUT2D eigenvalue weighted by Gasteiger charge is -2.26. The van der Waals surface area contributed by atoms with Crippen LogP contribution in [-0.4, -0.2) is 45.4 Å². The van der Waals surface area contributed by atoms with Crippen LogP contribution >= 0.6 is 0 Å². The summed E-state index contributed by atoms with van der Waals surface area (Å²) in [5.41, 5.74) is 0.680. The molecule has 1 atom stereocenters. The Bertz CT molecular complexity index is 841. The highest BCUT2D eigenvalue weighted by molar-refractivity contribution is 5.44. The van der Waals surface area contributed by atoms with E-state index in [4.69, 9.17) is 0 Å². The van der Waals surface area contributed by atoms with Crippen molar-refractivity contribution in [3.63, 3.8) is 0 Å². The Kier molecular flexibility index (Phi) is 4.39. The number of hydrogen-bond donors (Lipinski definition) is 1. The molecule has 3 rings (SSSR count). The third-order valence-electron chi connectivity index (χ3n) is 3.85. The molecule has 3 aromatic rings. The summed E-state index contributed by atoms with van der Waals surface area (Å²) in [6.07, 6.45) is 0. The summed E-state index contributed by atoms with van der Waals surface area (Å²) in [6.45, 7) is 2.10. The third-order valence-corrected chi connectivity index (χ3v) is 3.85. The smallest absolute Gasteiger partial charge is 0.178 e. The number of aryl methyl sites for hydroxylation is 1. The molecular formula is C16H18F2N6. The quantitative estimate of drug-likeness (QED) is 0.778. The van der Waals surface area contributed by atoms with Crippen molar-refractivity contribution < 1.29 is 8.78 Å². The number of aromatic nitrogens is 4. The first-order chi connectivity index (χ1) is 11.5. The number of halogens is 2. The second-order valence-corrected chi connectivity index (χ2v) is 5.73. The lowest BCUT2D eigenvalue weighted by molar-refractivity contribution is 0.295. The summed E-state index contributed by atoms with van der Waals surface area (Å²) in [6, 6.07) is 6.95. The first-order valence-electron chi connectivity index (χ1n) is 7.50. The van der Waals surface area contributed by atoms with Crippen LogP contribution in [0.5, 0.6) is 0 Å². The predicted molar refractivity (Wildman–Crippen MR) is 86.8 cm³/mol. The first kappa shape index (κ1) is 16.3. The molecule has 0 amide bonds. The fraction of sp³-hybridized carbons (Fsp3) is 0.312. The van der Waals surface area contributed by atoms with Crippen LogP contribution < -0.4 is 5.32 Å². The fourth-order valence-corrected chi connectivity index (χ4v) is 2.56. The number of nitrogens with zero attached hydrogens (tertiary/aromatic N) is 5. The van der Waals surface area contributed by atoms with Crippen LogP contribution in [0.15, 0.2) is 30.3 Å². The highest BCUT2D eigenvalue weighted by Crippen LogP contribution is 2.24. The Morgan fingerprint density at radius 3 is 2.50 bits per heavy atom. The molecule has 0 bridgehead atoms. The standard InChI is InChI=1S/C16H18F2N6/c1-10-20-21-15-8-7-14(22-24(10)15)19-9-13(23(2)3)16-11(17)5-4-6-12(16)18/h4-8,13H,9H2,1-3H3,(H,19,22). The van der Waals surface area contributed by atoms with Gasteiger partial charge in [-0.2, -0.15) is 4.52 Å². The number of anilines is 1. The van der Waals surface area contributed by atoms with Crippen LogP contribution in [0, 0.1) is 18.6 Å². The number of rotatable bonds is 5. The van der Waals surface area contributed by atoms with E-state index in [0.717, 1.165) is 0 Å². The van der Waals surface area contributed by atoms with Crippen molar-refractivity contribution in [1.29, 1.82) is 0 Å². The van der Waals surface area contributed by atoms with Gasteiger partial charge in [-0.3, -0.25) is 0 Å². The molecule has 0 aliphatic heterocycles. The van der Waals surface area contributed by atoms with Crippen LogP contribution in [-0.2, 0) is 0 Å². The Balaban J connectivity index is 1.84. The monoisotopic (exact) mass is 332 g/mol. The molecule has 0 fully saturated rings. The molecule has 0 aliphatic carbocycles. The Hall–Kier alpha value is -2.61. The molecule has 0 saturated heterocycles. The van der Waals surface area contributed by atoms with Crippen molar-refractivity contribution in [2.24, 2.45) is 0 Å². The van der Waals surface area contributed by atoms with Crippen molar-refractivity contribution in [2.75, 3.05) is 26.0 Å². The summed E-state index contributed by atoms with van der Waals surface area (Å²) >= 11 is 0. The summed E-state index contributed by atoms with van der Waals surface area (Å²) in [5.74, 6) is 0.120. The van der Waals surface area contributed by atoms with Crippen LogP contribution in [0.4, 0.5) is 14.6 Å². The van der Waals surface area contributed by atoms with E-state index < -0.39 is 17.7 Å². The molecule has 2 aromatic heterocycles. The maximum Gasteiger partial charge on any atom is 0.178 e. The number of nitrogens with one attached hydrogen (secondary N) is 1. The van der Waals surface area contributed by atoms with E-state index in [9.17, 15) is 8.78 Å². The molecule has 24 heavy (non-hydrogen) atoms. The van der Waals surface area contributed by atoms with Gasteiger partial charge in [0.2, 0.25) is 0 Å². The maximum absolute atomic E-state index is 14.1. The van der Waals surface area contributed by atoms with Crippen molar-refractivity contribution in [1.82, 2.24) is 24.7 Å². The minimum atomic E-state index is -0.562. The second kappa shape index (κ2) is 6.48. The molecule has 0 radical (unpaired) electrons. The van der Waals surface area contributed by atoms with Crippen LogP contribution in [0.25, 0.3) is 5.65 Å². The van der Waals surface area contributed by atoms with Gasteiger partial charge < -0.3 is 10.2 Å². The largest absolute Gasteiger partial charge is 0.367 e. The van der Waals surface area contributed by atoms with E-state index in [2.05, 4.69) is 20.6 Å². The molecular weight excluding hydrogens is 314 g/mol. The average molecular weight is 332 g/mol. The van der Waals surface area contributed by atoms with E-state index in [-0.39, 0.29) is 5.56 Å². The lowest BCUT2D eigenvalue weighted by Crippen LogP contribution is -2.29. The minimum Gasteiger partial charge on any atom is -0.367 e.